The molecule has 0 bridgehead atoms. The fourth-order valence-corrected chi connectivity index (χ4v) is 3.09. The van der Waals surface area contributed by atoms with Gasteiger partial charge in [-0.25, -0.2) is 13.6 Å². The van der Waals surface area contributed by atoms with Crippen molar-refractivity contribution in [1.82, 2.24) is 0 Å². The van der Waals surface area contributed by atoms with Gasteiger partial charge >= 0.3 is 0 Å². The van der Waals surface area contributed by atoms with E-state index in [9.17, 15) is 8.42 Å². The molecule has 106 valence electrons. The van der Waals surface area contributed by atoms with Gasteiger partial charge in [0.1, 0.15) is 5.76 Å². The topological polar surface area (TPSA) is 85.3 Å². The van der Waals surface area contributed by atoms with Crippen molar-refractivity contribution in [2.24, 2.45) is 5.14 Å². The van der Waals surface area contributed by atoms with Crippen LogP contribution in [0, 0.1) is 0 Å². The minimum atomic E-state index is -3.64. The molecule has 0 radical (unpaired) electrons. The molecular formula is C14H16N2O3S. The lowest BCUT2D eigenvalue weighted by Crippen LogP contribution is -2.16. The highest BCUT2D eigenvalue weighted by molar-refractivity contribution is 7.89. The maximum Gasteiger partial charge on any atom is 0.238 e. The Bertz CT molecular complexity index is 704. The molecule has 1 aliphatic rings. The minimum Gasteiger partial charge on any atom is -0.469 e. The maximum atomic E-state index is 11.2. The van der Waals surface area contributed by atoms with Gasteiger partial charge in [-0.05, 0) is 43.2 Å². The zero-order chi connectivity index (χ0) is 14.2. The molecule has 1 aromatic heterocycles. The zero-order valence-corrected chi connectivity index (χ0v) is 11.7. The van der Waals surface area contributed by atoms with Crippen molar-refractivity contribution in [2.45, 2.75) is 30.2 Å². The highest BCUT2D eigenvalue weighted by atomic mass is 32.2. The van der Waals surface area contributed by atoms with E-state index in [-0.39, 0.29) is 10.9 Å². The Morgan fingerprint density at radius 3 is 2.65 bits per heavy atom. The molecule has 6 heteroatoms. The van der Waals surface area contributed by atoms with E-state index in [0.717, 1.165) is 30.7 Å². The number of sulfonamides is 1. The minimum absolute atomic E-state index is 0.121. The molecule has 3 rings (SSSR count). The molecule has 1 heterocycles. The van der Waals surface area contributed by atoms with E-state index < -0.39 is 10.0 Å². The lowest BCUT2D eigenvalue weighted by Gasteiger charge is -2.23. The van der Waals surface area contributed by atoms with Crippen LogP contribution in [0.5, 0.6) is 0 Å². The molecule has 0 saturated heterocycles. The molecule has 20 heavy (non-hydrogen) atoms. The van der Waals surface area contributed by atoms with Crippen LogP contribution in [0.4, 0.5) is 5.69 Å². The number of rotatable bonds is 3. The number of fused-ring (bicyclic) bond motifs is 1. The number of nitrogens with one attached hydrogen (secondary N) is 1. The van der Waals surface area contributed by atoms with Crippen LogP contribution in [0.1, 0.15) is 30.2 Å². The summed E-state index contributed by atoms with van der Waals surface area (Å²) in [5.41, 5.74) is 2.06. The first kappa shape index (κ1) is 13.2. The van der Waals surface area contributed by atoms with Crippen molar-refractivity contribution in [1.29, 1.82) is 0 Å². The van der Waals surface area contributed by atoms with Gasteiger partial charge in [0.25, 0.3) is 0 Å². The van der Waals surface area contributed by atoms with E-state index in [4.69, 9.17) is 9.56 Å². The van der Waals surface area contributed by atoms with Crippen molar-refractivity contribution in [3.05, 3.63) is 47.9 Å². The third kappa shape index (κ3) is 2.57. The normalized spacial score (nSPS) is 18.6. The van der Waals surface area contributed by atoms with Gasteiger partial charge in [-0.2, -0.15) is 0 Å². The SMILES string of the molecule is NS(=O)(=O)c1ccc(NC2CCCc3occc32)cc1. The van der Waals surface area contributed by atoms with Crippen LogP contribution in [0.15, 0.2) is 45.9 Å². The van der Waals surface area contributed by atoms with Crippen molar-refractivity contribution in [2.75, 3.05) is 5.32 Å². The monoisotopic (exact) mass is 292 g/mol. The van der Waals surface area contributed by atoms with Gasteiger partial charge in [-0.1, -0.05) is 0 Å². The number of nitrogens with two attached hydrogens (primary N) is 1. The molecule has 1 aromatic carbocycles. The molecule has 0 aliphatic heterocycles. The Balaban J connectivity index is 1.80. The van der Waals surface area contributed by atoms with Crippen molar-refractivity contribution in [3.63, 3.8) is 0 Å². The Kier molecular flexibility index (Phi) is 3.27. The fraction of sp³-hybridized carbons (Fsp3) is 0.286. The molecule has 0 amide bonds. The van der Waals surface area contributed by atoms with E-state index in [2.05, 4.69) is 5.32 Å². The Morgan fingerprint density at radius 2 is 1.95 bits per heavy atom. The second-order valence-corrected chi connectivity index (χ2v) is 6.52. The van der Waals surface area contributed by atoms with E-state index >= 15 is 0 Å². The molecule has 0 fully saturated rings. The number of hydrogen-bond acceptors (Lipinski definition) is 4. The van der Waals surface area contributed by atoms with Gasteiger partial charge < -0.3 is 9.73 Å². The van der Waals surface area contributed by atoms with Crippen LogP contribution in [-0.2, 0) is 16.4 Å². The smallest absolute Gasteiger partial charge is 0.238 e. The first-order chi connectivity index (χ1) is 9.54. The number of anilines is 1. The van der Waals surface area contributed by atoms with Crippen molar-refractivity contribution < 1.29 is 12.8 Å². The van der Waals surface area contributed by atoms with Gasteiger partial charge in [0.2, 0.25) is 10.0 Å². The highest BCUT2D eigenvalue weighted by Crippen LogP contribution is 2.33. The Labute approximate surface area is 117 Å². The largest absolute Gasteiger partial charge is 0.469 e. The van der Waals surface area contributed by atoms with Gasteiger partial charge in [-0.15, -0.1) is 0 Å². The third-order valence-electron chi connectivity index (χ3n) is 3.58. The average molecular weight is 292 g/mol. The van der Waals surface area contributed by atoms with Crippen LogP contribution in [0.3, 0.4) is 0 Å². The third-order valence-corrected chi connectivity index (χ3v) is 4.50. The summed E-state index contributed by atoms with van der Waals surface area (Å²) >= 11 is 0. The summed E-state index contributed by atoms with van der Waals surface area (Å²) in [6.07, 6.45) is 4.80. The summed E-state index contributed by atoms with van der Waals surface area (Å²) < 4.78 is 27.9. The summed E-state index contributed by atoms with van der Waals surface area (Å²) in [5, 5.41) is 8.49. The van der Waals surface area contributed by atoms with Crippen LogP contribution >= 0.6 is 0 Å². The predicted octanol–water partition coefficient (Wildman–Crippen LogP) is 2.42. The van der Waals surface area contributed by atoms with Crippen LogP contribution in [0.25, 0.3) is 0 Å². The Hall–Kier alpha value is -1.79. The van der Waals surface area contributed by atoms with E-state index in [1.807, 2.05) is 6.07 Å². The highest BCUT2D eigenvalue weighted by Gasteiger charge is 2.22. The van der Waals surface area contributed by atoms with Gasteiger partial charge in [0.05, 0.1) is 17.2 Å². The molecule has 2 aromatic rings. The second-order valence-electron chi connectivity index (χ2n) is 4.96. The second kappa shape index (κ2) is 4.96. The summed E-state index contributed by atoms with van der Waals surface area (Å²) in [5.74, 6) is 1.04. The van der Waals surface area contributed by atoms with E-state index in [0.29, 0.717) is 0 Å². The molecular weight excluding hydrogens is 276 g/mol. The maximum absolute atomic E-state index is 11.2. The first-order valence-electron chi connectivity index (χ1n) is 6.50. The lowest BCUT2D eigenvalue weighted by atomic mass is 9.93. The summed E-state index contributed by atoms with van der Waals surface area (Å²) in [6.45, 7) is 0. The van der Waals surface area contributed by atoms with Gasteiger partial charge in [0, 0.05) is 17.7 Å². The molecule has 5 nitrogen and oxygen atoms in total. The molecule has 3 N–H and O–H groups in total. The molecule has 1 unspecified atom stereocenters. The van der Waals surface area contributed by atoms with Crippen LogP contribution < -0.4 is 10.5 Å². The quantitative estimate of drug-likeness (QED) is 0.909. The zero-order valence-electron chi connectivity index (χ0n) is 10.9. The average Bonchev–Trinajstić information content (AvgIpc) is 2.88. The van der Waals surface area contributed by atoms with Gasteiger partial charge in [0.15, 0.2) is 0 Å². The molecule has 0 spiro atoms. The number of hydrogen-bond donors (Lipinski definition) is 2. The first-order valence-corrected chi connectivity index (χ1v) is 8.04. The number of aryl methyl sites for hydroxylation is 1. The number of furan rings is 1. The number of primary sulfonamides is 1. The lowest BCUT2D eigenvalue weighted by molar-refractivity contribution is 0.461. The van der Waals surface area contributed by atoms with Crippen molar-refractivity contribution in [3.8, 4) is 0 Å². The summed E-state index contributed by atoms with van der Waals surface area (Å²) in [7, 11) is -3.64. The van der Waals surface area contributed by atoms with E-state index in [1.165, 1.54) is 17.7 Å². The summed E-state index contributed by atoms with van der Waals surface area (Å²) in [4.78, 5) is 0.121. The van der Waals surface area contributed by atoms with E-state index in [1.54, 1.807) is 18.4 Å². The standard InChI is InChI=1S/C14H16N2O3S/c15-20(17,18)11-6-4-10(5-7-11)16-13-2-1-3-14-12(13)8-9-19-14/h4-9,13,16H,1-3H2,(H2,15,17,18). The van der Waals surface area contributed by atoms with Crippen LogP contribution in [-0.4, -0.2) is 8.42 Å². The number of benzene rings is 1. The van der Waals surface area contributed by atoms with Gasteiger partial charge in [-0.3, -0.25) is 0 Å². The summed E-state index contributed by atoms with van der Waals surface area (Å²) in [6, 6.07) is 8.68. The molecule has 1 atom stereocenters. The Morgan fingerprint density at radius 1 is 1.20 bits per heavy atom. The fourth-order valence-electron chi connectivity index (χ4n) is 2.58. The predicted molar refractivity (Wildman–Crippen MR) is 75.8 cm³/mol. The molecule has 0 saturated carbocycles. The van der Waals surface area contributed by atoms with Crippen LogP contribution in [0.2, 0.25) is 0 Å². The molecule has 1 aliphatic carbocycles. The van der Waals surface area contributed by atoms with Crippen molar-refractivity contribution >= 4 is 15.7 Å².